The molecular formula is C16H20N4O3S. The molecule has 0 spiro atoms. The van der Waals surface area contributed by atoms with E-state index in [1.54, 1.807) is 17.9 Å². The van der Waals surface area contributed by atoms with Crippen LogP contribution in [-0.4, -0.2) is 58.6 Å². The Morgan fingerprint density at radius 1 is 1.42 bits per heavy atom. The summed E-state index contributed by atoms with van der Waals surface area (Å²) in [4.78, 5) is 18.6. The van der Waals surface area contributed by atoms with Crippen molar-refractivity contribution in [3.63, 3.8) is 0 Å². The molecule has 1 aliphatic heterocycles. The van der Waals surface area contributed by atoms with E-state index in [0.29, 0.717) is 24.2 Å². The third-order valence-electron chi connectivity index (χ3n) is 4.38. The fourth-order valence-electron chi connectivity index (χ4n) is 3.01. The van der Waals surface area contributed by atoms with Crippen LogP contribution in [0.1, 0.15) is 29.4 Å². The molecule has 1 atom stereocenters. The summed E-state index contributed by atoms with van der Waals surface area (Å²) in [6, 6.07) is 5.23. The van der Waals surface area contributed by atoms with Crippen LogP contribution < -0.4 is 0 Å². The molecule has 0 unspecified atom stereocenters. The lowest BCUT2D eigenvalue weighted by Gasteiger charge is -2.23. The van der Waals surface area contributed by atoms with Gasteiger partial charge in [0.25, 0.3) is 5.91 Å². The van der Waals surface area contributed by atoms with E-state index < -0.39 is 9.84 Å². The average Bonchev–Trinajstić information content (AvgIpc) is 3.17. The van der Waals surface area contributed by atoms with Crippen molar-refractivity contribution in [3.8, 4) is 5.82 Å². The number of rotatable bonds is 4. The Balaban J connectivity index is 1.89. The van der Waals surface area contributed by atoms with E-state index in [4.69, 9.17) is 0 Å². The van der Waals surface area contributed by atoms with Crippen molar-refractivity contribution in [2.75, 3.05) is 18.6 Å². The molecular weight excluding hydrogens is 328 g/mol. The van der Waals surface area contributed by atoms with E-state index in [1.165, 1.54) is 11.1 Å². The predicted molar refractivity (Wildman–Crippen MR) is 89.9 cm³/mol. The van der Waals surface area contributed by atoms with Crippen LogP contribution in [0.15, 0.2) is 30.6 Å². The minimum absolute atomic E-state index is 0.0328. The quantitative estimate of drug-likeness (QED) is 0.826. The molecule has 0 aromatic carbocycles. The molecule has 2 aromatic heterocycles. The smallest absolute Gasteiger partial charge is 0.257 e. The van der Waals surface area contributed by atoms with Crippen LogP contribution in [0.25, 0.3) is 5.82 Å². The molecule has 3 heterocycles. The molecule has 1 saturated heterocycles. The van der Waals surface area contributed by atoms with Gasteiger partial charge in [-0.05, 0) is 25.0 Å². The van der Waals surface area contributed by atoms with E-state index in [9.17, 15) is 13.2 Å². The lowest BCUT2D eigenvalue weighted by Crippen LogP contribution is -2.38. The summed E-state index contributed by atoms with van der Waals surface area (Å²) < 4.78 is 25.0. The third-order valence-corrected chi connectivity index (χ3v) is 6.13. The van der Waals surface area contributed by atoms with Crippen LogP contribution in [-0.2, 0) is 16.3 Å². The van der Waals surface area contributed by atoms with Crippen molar-refractivity contribution in [3.05, 3.63) is 41.9 Å². The first kappa shape index (κ1) is 16.6. The van der Waals surface area contributed by atoms with Gasteiger partial charge in [0.1, 0.15) is 0 Å². The number of sulfone groups is 1. The number of aromatic nitrogens is 3. The SMILES string of the molecule is CCc1c(C(=O)N(C)[C@@H]2CCS(=O)(=O)C2)cnn1-c1ccccn1. The van der Waals surface area contributed by atoms with Gasteiger partial charge in [-0.15, -0.1) is 0 Å². The highest BCUT2D eigenvalue weighted by Crippen LogP contribution is 2.21. The molecule has 128 valence electrons. The Morgan fingerprint density at radius 3 is 2.79 bits per heavy atom. The van der Waals surface area contributed by atoms with E-state index in [1.807, 2.05) is 25.1 Å². The maximum atomic E-state index is 12.8. The largest absolute Gasteiger partial charge is 0.338 e. The van der Waals surface area contributed by atoms with E-state index in [2.05, 4.69) is 10.1 Å². The number of pyridine rings is 1. The molecule has 8 heteroatoms. The molecule has 1 aliphatic rings. The van der Waals surface area contributed by atoms with Gasteiger partial charge in [0.15, 0.2) is 15.7 Å². The highest BCUT2D eigenvalue weighted by molar-refractivity contribution is 7.91. The second-order valence-electron chi connectivity index (χ2n) is 5.93. The zero-order valence-electron chi connectivity index (χ0n) is 13.7. The lowest BCUT2D eigenvalue weighted by atomic mass is 10.1. The summed E-state index contributed by atoms with van der Waals surface area (Å²) in [5.41, 5.74) is 1.27. The maximum Gasteiger partial charge on any atom is 0.257 e. The summed E-state index contributed by atoms with van der Waals surface area (Å²) >= 11 is 0. The van der Waals surface area contributed by atoms with Crippen molar-refractivity contribution in [2.24, 2.45) is 0 Å². The molecule has 1 fully saturated rings. The molecule has 2 aromatic rings. The normalized spacial score (nSPS) is 19.3. The zero-order valence-corrected chi connectivity index (χ0v) is 14.5. The topological polar surface area (TPSA) is 85.2 Å². The van der Waals surface area contributed by atoms with Crippen molar-refractivity contribution < 1.29 is 13.2 Å². The highest BCUT2D eigenvalue weighted by Gasteiger charge is 2.34. The van der Waals surface area contributed by atoms with Crippen molar-refractivity contribution >= 4 is 15.7 Å². The monoisotopic (exact) mass is 348 g/mol. The van der Waals surface area contributed by atoms with Gasteiger partial charge in [-0.25, -0.2) is 18.1 Å². The minimum atomic E-state index is -3.03. The van der Waals surface area contributed by atoms with Gasteiger partial charge >= 0.3 is 0 Å². The van der Waals surface area contributed by atoms with Gasteiger partial charge in [-0.1, -0.05) is 13.0 Å². The Bertz CT molecular complexity index is 845. The Labute approximate surface area is 141 Å². The maximum absolute atomic E-state index is 12.8. The van der Waals surface area contributed by atoms with Gasteiger partial charge in [-0.3, -0.25) is 4.79 Å². The second-order valence-corrected chi connectivity index (χ2v) is 8.16. The third kappa shape index (κ3) is 3.06. The molecule has 0 N–H and O–H groups in total. The van der Waals surface area contributed by atoms with Crippen LogP contribution >= 0.6 is 0 Å². The van der Waals surface area contributed by atoms with Gasteiger partial charge in [0.05, 0.1) is 29.0 Å². The predicted octanol–water partition coefficient (Wildman–Crippen LogP) is 1.09. The van der Waals surface area contributed by atoms with Crippen LogP contribution in [0.5, 0.6) is 0 Å². The number of carbonyl (C=O) groups is 1. The number of hydrogen-bond acceptors (Lipinski definition) is 5. The van der Waals surface area contributed by atoms with Gasteiger partial charge in [0.2, 0.25) is 0 Å². The second kappa shape index (κ2) is 6.35. The fraction of sp³-hybridized carbons (Fsp3) is 0.438. The van der Waals surface area contributed by atoms with Crippen molar-refractivity contribution in [1.82, 2.24) is 19.7 Å². The van der Waals surface area contributed by atoms with Gasteiger partial charge in [-0.2, -0.15) is 5.10 Å². The highest BCUT2D eigenvalue weighted by atomic mass is 32.2. The van der Waals surface area contributed by atoms with E-state index in [0.717, 1.165) is 5.69 Å². The van der Waals surface area contributed by atoms with Crippen LogP contribution in [0.4, 0.5) is 0 Å². The molecule has 7 nitrogen and oxygen atoms in total. The van der Waals surface area contributed by atoms with Gasteiger partial charge in [0, 0.05) is 19.3 Å². The number of carbonyl (C=O) groups excluding carboxylic acids is 1. The fourth-order valence-corrected chi connectivity index (χ4v) is 4.78. The number of hydrogen-bond donors (Lipinski definition) is 0. The standard InChI is InChI=1S/C16H20N4O3S/c1-3-14-13(10-18-20(14)15-6-4-5-8-17-15)16(21)19(2)12-7-9-24(22,23)11-12/h4-6,8,10,12H,3,7,9,11H2,1-2H3/t12-/m1/s1. The summed E-state index contributed by atoms with van der Waals surface area (Å²) in [7, 11) is -1.38. The molecule has 24 heavy (non-hydrogen) atoms. The Morgan fingerprint density at radius 2 is 2.21 bits per heavy atom. The minimum Gasteiger partial charge on any atom is -0.338 e. The first-order valence-corrected chi connectivity index (χ1v) is 9.71. The zero-order chi connectivity index (χ0) is 17.3. The first-order valence-electron chi connectivity index (χ1n) is 7.89. The molecule has 0 bridgehead atoms. The number of amides is 1. The van der Waals surface area contributed by atoms with Crippen molar-refractivity contribution in [2.45, 2.75) is 25.8 Å². The molecule has 3 rings (SSSR count). The molecule has 0 aliphatic carbocycles. The summed E-state index contributed by atoms with van der Waals surface area (Å²) in [5.74, 6) is 0.629. The Kier molecular flexibility index (Phi) is 4.40. The first-order chi connectivity index (χ1) is 11.4. The van der Waals surface area contributed by atoms with Crippen LogP contribution in [0.2, 0.25) is 0 Å². The van der Waals surface area contributed by atoms with Crippen LogP contribution in [0.3, 0.4) is 0 Å². The molecule has 1 amide bonds. The van der Waals surface area contributed by atoms with Crippen LogP contribution in [0, 0.1) is 0 Å². The summed E-state index contributed by atoms with van der Waals surface area (Å²) in [6.45, 7) is 1.95. The molecule has 0 radical (unpaired) electrons. The summed E-state index contributed by atoms with van der Waals surface area (Å²) in [5, 5.41) is 4.30. The Hall–Kier alpha value is -2.22. The number of nitrogens with zero attached hydrogens (tertiary/aromatic N) is 4. The summed E-state index contributed by atoms with van der Waals surface area (Å²) in [6.07, 6.45) is 4.32. The lowest BCUT2D eigenvalue weighted by molar-refractivity contribution is 0.0746. The molecule has 0 saturated carbocycles. The average molecular weight is 348 g/mol. The van der Waals surface area contributed by atoms with E-state index in [-0.39, 0.29) is 23.5 Å². The van der Waals surface area contributed by atoms with E-state index >= 15 is 0 Å². The van der Waals surface area contributed by atoms with Crippen molar-refractivity contribution in [1.29, 1.82) is 0 Å². The van der Waals surface area contributed by atoms with Gasteiger partial charge < -0.3 is 4.90 Å².